The van der Waals surface area contributed by atoms with Gasteiger partial charge in [0.2, 0.25) is 0 Å². The number of carbonyl (C=O) groups excluding carboxylic acids is 2. The minimum absolute atomic E-state index is 0.170. The lowest BCUT2D eigenvalue weighted by molar-refractivity contribution is -0.134. The van der Waals surface area contributed by atoms with E-state index >= 15 is 0 Å². The highest BCUT2D eigenvalue weighted by atomic mass is 28.4. The van der Waals surface area contributed by atoms with Gasteiger partial charge < -0.3 is 13.9 Å². The first-order valence-corrected chi connectivity index (χ1v) is 15.3. The lowest BCUT2D eigenvalue weighted by Crippen LogP contribution is -2.67. The Labute approximate surface area is 228 Å². The quantitative estimate of drug-likeness (QED) is 0.282. The summed E-state index contributed by atoms with van der Waals surface area (Å²) >= 11 is 0. The summed E-state index contributed by atoms with van der Waals surface area (Å²) in [6, 6.07) is 20.8. The maximum atomic E-state index is 13.6. The van der Waals surface area contributed by atoms with E-state index < -0.39 is 25.4 Å². The molecule has 38 heavy (non-hydrogen) atoms. The number of rotatable bonds is 7. The average Bonchev–Trinajstić information content (AvgIpc) is 3.45. The van der Waals surface area contributed by atoms with Crippen LogP contribution in [0, 0.1) is 5.92 Å². The molecule has 2 aromatic rings. The number of methoxy groups -OCH3 is 1. The molecule has 7 heteroatoms. The van der Waals surface area contributed by atoms with Gasteiger partial charge in [0, 0.05) is 6.08 Å². The van der Waals surface area contributed by atoms with Crippen LogP contribution in [-0.2, 0) is 18.7 Å². The number of nitrogens with zero attached hydrogens (tertiary/aromatic N) is 1. The van der Waals surface area contributed by atoms with Crippen LogP contribution in [-0.4, -0.2) is 56.2 Å². The van der Waals surface area contributed by atoms with Crippen molar-refractivity contribution in [3.63, 3.8) is 0 Å². The van der Waals surface area contributed by atoms with E-state index in [1.165, 1.54) is 23.6 Å². The molecule has 0 bridgehead atoms. The van der Waals surface area contributed by atoms with Crippen molar-refractivity contribution < 1.29 is 23.5 Å². The first-order chi connectivity index (χ1) is 17.8. The lowest BCUT2D eigenvalue weighted by atomic mass is 10.2. The van der Waals surface area contributed by atoms with Gasteiger partial charge in [0.25, 0.3) is 8.32 Å². The standard InChI is InChI=1S/C31H41NO5Si/c1-29(2,3)37-28(34)32-24(20-23-21-31(23,32)19-18-27(33)35-7)22-36-38(30(4,5)6,25-14-10-8-11-15-25)26-16-12-9-13-17-26/h8-19,23-24H,20-22H2,1-7H3/b19-18-/t23-,24+,31+/m0/s1. The SMILES string of the molecule is COC(=O)/C=C\[C@@]12C[C@@H]1C[C@H](CO[Si](c1ccccc1)(c1ccccc1)C(C)(C)C)N2C(=O)OC(C)(C)C. The molecule has 1 aliphatic heterocycles. The normalized spacial score (nSPS) is 23.3. The summed E-state index contributed by atoms with van der Waals surface area (Å²) in [7, 11) is -1.42. The van der Waals surface area contributed by atoms with Crippen LogP contribution in [0.4, 0.5) is 4.79 Å². The first kappa shape index (κ1) is 28.1. The number of esters is 1. The molecule has 2 aliphatic rings. The molecular weight excluding hydrogens is 494 g/mol. The van der Waals surface area contributed by atoms with E-state index in [1.807, 2.05) is 43.9 Å². The molecule has 1 aliphatic carbocycles. The van der Waals surface area contributed by atoms with Crippen LogP contribution in [0.2, 0.25) is 5.04 Å². The first-order valence-electron chi connectivity index (χ1n) is 13.4. The zero-order valence-corrected chi connectivity index (χ0v) is 24.7. The van der Waals surface area contributed by atoms with Crippen LogP contribution in [0.3, 0.4) is 0 Å². The molecule has 3 atom stereocenters. The molecule has 2 aromatic carbocycles. The summed E-state index contributed by atoms with van der Waals surface area (Å²) in [5, 5.41) is 2.23. The monoisotopic (exact) mass is 535 g/mol. The third-order valence-electron chi connectivity index (χ3n) is 7.70. The van der Waals surface area contributed by atoms with Gasteiger partial charge in [-0.1, -0.05) is 87.5 Å². The van der Waals surface area contributed by atoms with E-state index in [0.29, 0.717) is 6.61 Å². The number of hydrogen-bond donors (Lipinski definition) is 0. The molecule has 0 unspecified atom stereocenters. The molecule has 0 aromatic heterocycles. The summed E-state index contributed by atoms with van der Waals surface area (Å²) in [5.74, 6) is -0.176. The summed E-state index contributed by atoms with van der Waals surface area (Å²) in [6.45, 7) is 12.7. The molecule has 1 heterocycles. The Balaban J connectivity index is 1.72. The largest absolute Gasteiger partial charge is 0.466 e. The van der Waals surface area contributed by atoms with E-state index in [2.05, 4.69) is 69.3 Å². The Morgan fingerprint density at radius 3 is 2.00 bits per heavy atom. The van der Waals surface area contributed by atoms with Crippen LogP contribution in [0.15, 0.2) is 72.8 Å². The molecule has 1 saturated heterocycles. The van der Waals surface area contributed by atoms with E-state index in [-0.39, 0.29) is 23.1 Å². The average molecular weight is 536 g/mol. The topological polar surface area (TPSA) is 65.1 Å². The molecule has 6 nitrogen and oxygen atoms in total. The van der Waals surface area contributed by atoms with Crippen LogP contribution < -0.4 is 10.4 Å². The summed E-state index contributed by atoms with van der Waals surface area (Å²) in [4.78, 5) is 27.4. The van der Waals surface area contributed by atoms with Crippen molar-refractivity contribution in [1.82, 2.24) is 4.90 Å². The lowest BCUT2D eigenvalue weighted by Gasteiger charge is -2.44. The second kappa shape index (κ2) is 10.3. The van der Waals surface area contributed by atoms with E-state index in [9.17, 15) is 9.59 Å². The van der Waals surface area contributed by atoms with Crippen LogP contribution in [0.1, 0.15) is 54.4 Å². The van der Waals surface area contributed by atoms with Crippen molar-refractivity contribution in [2.75, 3.05) is 13.7 Å². The number of carbonyl (C=O) groups is 2. The fourth-order valence-electron chi connectivity index (χ4n) is 6.01. The van der Waals surface area contributed by atoms with Crippen LogP contribution in [0.25, 0.3) is 0 Å². The minimum atomic E-state index is -2.77. The van der Waals surface area contributed by atoms with Crippen LogP contribution >= 0.6 is 0 Å². The number of fused-ring (bicyclic) bond motifs is 1. The Morgan fingerprint density at radius 1 is 0.974 bits per heavy atom. The van der Waals surface area contributed by atoms with Crippen molar-refractivity contribution in [3.8, 4) is 0 Å². The number of likely N-dealkylation sites (tertiary alicyclic amines) is 1. The minimum Gasteiger partial charge on any atom is -0.466 e. The van der Waals surface area contributed by atoms with E-state index in [1.54, 1.807) is 0 Å². The van der Waals surface area contributed by atoms with Gasteiger partial charge in [0.15, 0.2) is 0 Å². The number of hydrogen-bond acceptors (Lipinski definition) is 5. The Hall–Kier alpha value is -2.90. The van der Waals surface area contributed by atoms with Gasteiger partial charge in [-0.2, -0.15) is 0 Å². The second-order valence-electron chi connectivity index (χ2n) is 12.5. The predicted molar refractivity (Wildman–Crippen MR) is 152 cm³/mol. The molecule has 2 fully saturated rings. The fraction of sp³-hybridized carbons (Fsp3) is 0.484. The Morgan fingerprint density at radius 2 is 1.53 bits per heavy atom. The molecule has 4 rings (SSSR count). The van der Waals surface area contributed by atoms with Crippen molar-refractivity contribution >= 4 is 30.8 Å². The Bertz CT molecular complexity index is 1130. The number of amides is 1. The van der Waals surface area contributed by atoms with Crippen molar-refractivity contribution in [2.45, 2.75) is 76.6 Å². The van der Waals surface area contributed by atoms with Gasteiger partial charge in [-0.15, -0.1) is 0 Å². The highest BCUT2D eigenvalue weighted by Crippen LogP contribution is 2.59. The van der Waals surface area contributed by atoms with Crippen LogP contribution in [0.5, 0.6) is 0 Å². The maximum Gasteiger partial charge on any atom is 0.411 e. The Kier molecular flexibility index (Phi) is 7.65. The van der Waals surface area contributed by atoms with Gasteiger partial charge in [-0.25, -0.2) is 9.59 Å². The fourth-order valence-corrected chi connectivity index (χ4v) is 10.6. The second-order valence-corrected chi connectivity index (χ2v) is 16.8. The van der Waals surface area contributed by atoms with Gasteiger partial charge in [0.05, 0.1) is 25.3 Å². The van der Waals surface area contributed by atoms with Gasteiger partial charge in [-0.3, -0.25) is 4.90 Å². The van der Waals surface area contributed by atoms with Gasteiger partial charge in [0.1, 0.15) is 5.60 Å². The zero-order valence-electron chi connectivity index (χ0n) is 23.7. The molecule has 0 N–H and O–H groups in total. The molecule has 0 radical (unpaired) electrons. The highest BCUT2D eigenvalue weighted by Gasteiger charge is 2.66. The molecule has 0 spiro atoms. The molecule has 204 valence electrons. The van der Waals surface area contributed by atoms with E-state index in [0.717, 1.165) is 12.8 Å². The number of benzene rings is 2. The van der Waals surface area contributed by atoms with Crippen molar-refractivity contribution in [2.24, 2.45) is 5.92 Å². The predicted octanol–water partition coefficient (Wildman–Crippen LogP) is 5.06. The molecular formula is C31H41NO5Si. The smallest absolute Gasteiger partial charge is 0.411 e. The summed E-state index contributed by atoms with van der Waals surface area (Å²) in [6.07, 6.45) is 4.49. The van der Waals surface area contributed by atoms with Gasteiger partial charge >= 0.3 is 12.1 Å². The third-order valence-corrected chi connectivity index (χ3v) is 12.7. The number of ether oxygens (including phenoxy) is 2. The highest BCUT2D eigenvalue weighted by molar-refractivity contribution is 6.99. The number of piperidine rings is 1. The van der Waals surface area contributed by atoms with Crippen molar-refractivity contribution in [1.29, 1.82) is 0 Å². The van der Waals surface area contributed by atoms with E-state index in [4.69, 9.17) is 13.9 Å². The molecule has 1 saturated carbocycles. The zero-order chi connectivity index (χ0) is 27.8. The third kappa shape index (κ3) is 5.31. The summed E-state index contributed by atoms with van der Waals surface area (Å²) in [5.41, 5.74) is -1.18. The van der Waals surface area contributed by atoms with Crippen molar-refractivity contribution in [3.05, 3.63) is 72.8 Å². The summed E-state index contributed by atoms with van der Waals surface area (Å²) < 4.78 is 17.9. The maximum absolute atomic E-state index is 13.6. The molecule has 1 amide bonds. The van der Waals surface area contributed by atoms with Gasteiger partial charge in [-0.05, 0) is 54.9 Å².